The molecule has 0 spiro atoms. The summed E-state index contributed by atoms with van der Waals surface area (Å²) in [5.74, 6) is 0. The molecule has 3 N–H and O–H groups in total. The lowest BCUT2D eigenvalue weighted by Crippen LogP contribution is -2.14. The molecule has 21 heavy (non-hydrogen) atoms. The van der Waals surface area contributed by atoms with Crippen molar-refractivity contribution in [2.75, 3.05) is 10.5 Å². The Labute approximate surface area is 137 Å². The van der Waals surface area contributed by atoms with Gasteiger partial charge in [-0.3, -0.25) is 4.72 Å². The average molecular weight is 390 g/mol. The largest absolute Gasteiger partial charge is 0.398 e. The first-order valence-corrected chi connectivity index (χ1v) is 8.85. The molecule has 0 atom stereocenters. The monoisotopic (exact) mass is 388 g/mol. The maximum atomic E-state index is 12.4. The van der Waals surface area contributed by atoms with Crippen LogP contribution in [0.2, 0.25) is 5.02 Å². The number of sulfonamides is 1. The Morgan fingerprint density at radius 1 is 1.24 bits per heavy atom. The fraction of sp³-hybridized carbons (Fsp3) is 0.143. The average Bonchev–Trinajstić information content (AvgIpc) is 2.43. The Bertz CT molecular complexity index is 779. The molecule has 0 amide bonds. The molecule has 7 heteroatoms. The van der Waals surface area contributed by atoms with Crippen LogP contribution in [0.1, 0.15) is 12.5 Å². The zero-order chi connectivity index (χ0) is 15.6. The number of benzene rings is 2. The molecule has 112 valence electrons. The molecule has 0 saturated heterocycles. The summed E-state index contributed by atoms with van der Waals surface area (Å²) in [6, 6.07) is 9.62. The van der Waals surface area contributed by atoms with Crippen LogP contribution in [0.15, 0.2) is 45.8 Å². The summed E-state index contributed by atoms with van der Waals surface area (Å²) in [6.45, 7) is 1.96. The van der Waals surface area contributed by atoms with E-state index in [1.807, 2.05) is 13.0 Å². The van der Waals surface area contributed by atoms with Crippen molar-refractivity contribution in [2.45, 2.75) is 18.2 Å². The van der Waals surface area contributed by atoms with E-state index >= 15 is 0 Å². The van der Waals surface area contributed by atoms with Crippen LogP contribution in [0.25, 0.3) is 0 Å². The predicted octanol–water partition coefficient (Wildman–Crippen LogP) is 4.05. The van der Waals surface area contributed by atoms with E-state index in [0.29, 0.717) is 17.8 Å². The quantitative estimate of drug-likeness (QED) is 0.775. The molecule has 0 aromatic heterocycles. The van der Waals surface area contributed by atoms with Crippen LogP contribution in [0.5, 0.6) is 0 Å². The Hall–Kier alpha value is -1.24. The van der Waals surface area contributed by atoms with Gasteiger partial charge in [0.1, 0.15) is 0 Å². The van der Waals surface area contributed by atoms with Gasteiger partial charge in [0.15, 0.2) is 0 Å². The Morgan fingerprint density at radius 3 is 2.57 bits per heavy atom. The number of aryl methyl sites for hydroxylation is 1. The third kappa shape index (κ3) is 3.70. The second-order valence-electron chi connectivity index (χ2n) is 4.44. The van der Waals surface area contributed by atoms with Crippen LogP contribution in [-0.2, 0) is 16.4 Å². The van der Waals surface area contributed by atoms with E-state index in [9.17, 15) is 8.42 Å². The van der Waals surface area contributed by atoms with E-state index in [4.69, 9.17) is 17.3 Å². The van der Waals surface area contributed by atoms with Crippen LogP contribution in [0.3, 0.4) is 0 Å². The normalized spacial score (nSPS) is 11.4. The van der Waals surface area contributed by atoms with Gasteiger partial charge in [-0.25, -0.2) is 8.42 Å². The van der Waals surface area contributed by atoms with Gasteiger partial charge in [-0.1, -0.05) is 34.5 Å². The highest BCUT2D eigenvalue weighted by Crippen LogP contribution is 2.27. The van der Waals surface area contributed by atoms with Crippen molar-refractivity contribution in [3.63, 3.8) is 0 Å². The second-order valence-corrected chi connectivity index (χ2v) is 7.45. The first-order chi connectivity index (χ1) is 9.83. The summed E-state index contributed by atoms with van der Waals surface area (Å²) in [6.07, 6.45) is 0.708. The Balaban J connectivity index is 2.39. The highest BCUT2D eigenvalue weighted by molar-refractivity contribution is 9.10. The minimum atomic E-state index is -3.70. The van der Waals surface area contributed by atoms with E-state index in [0.717, 1.165) is 10.0 Å². The SMILES string of the molecule is CCc1cc(Br)ccc1NS(=O)(=O)c1ccc(N)c(Cl)c1. The fourth-order valence-corrected chi connectivity index (χ4v) is 3.61. The second kappa shape index (κ2) is 6.25. The fourth-order valence-electron chi connectivity index (χ4n) is 1.83. The van der Waals surface area contributed by atoms with Crippen LogP contribution >= 0.6 is 27.5 Å². The van der Waals surface area contributed by atoms with Crippen LogP contribution in [-0.4, -0.2) is 8.42 Å². The predicted molar refractivity (Wildman–Crippen MR) is 90.2 cm³/mol. The molecule has 0 fully saturated rings. The number of nitrogen functional groups attached to an aromatic ring is 1. The number of rotatable bonds is 4. The highest BCUT2D eigenvalue weighted by Gasteiger charge is 2.17. The van der Waals surface area contributed by atoms with Crippen LogP contribution in [0, 0.1) is 0 Å². The van der Waals surface area contributed by atoms with E-state index in [1.54, 1.807) is 12.1 Å². The lowest BCUT2D eigenvalue weighted by Gasteiger charge is -2.12. The van der Waals surface area contributed by atoms with Gasteiger partial charge in [-0.15, -0.1) is 0 Å². The number of nitrogens with one attached hydrogen (secondary N) is 1. The van der Waals surface area contributed by atoms with Gasteiger partial charge in [0.2, 0.25) is 0 Å². The van der Waals surface area contributed by atoms with E-state index < -0.39 is 10.0 Å². The van der Waals surface area contributed by atoms with Gasteiger partial charge in [0.05, 0.1) is 21.3 Å². The lowest BCUT2D eigenvalue weighted by atomic mass is 10.1. The lowest BCUT2D eigenvalue weighted by molar-refractivity contribution is 0.601. The summed E-state index contributed by atoms with van der Waals surface area (Å²) in [7, 11) is -3.70. The van der Waals surface area contributed by atoms with Gasteiger partial charge in [0, 0.05) is 4.47 Å². The molecule has 2 aromatic carbocycles. The summed E-state index contributed by atoms with van der Waals surface area (Å²) >= 11 is 9.25. The zero-order valence-corrected chi connectivity index (χ0v) is 14.4. The zero-order valence-electron chi connectivity index (χ0n) is 11.2. The molecule has 0 aliphatic carbocycles. The van der Waals surface area contributed by atoms with Gasteiger partial charge < -0.3 is 5.73 Å². The summed E-state index contributed by atoms with van der Waals surface area (Å²) < 4.78 is 28.3. The number of hydrogen-bond acceptors (Lipinski definition) is 3. The Kier molecular flexibility index (Phi) is 4.81. The van der Waals surface area contributed by atoms with Crippen molar-refractivity contribution in [3.8, 4) is 0 Å². The number of anilines is 2. The molecule has 0 saturated carbocycles. The van der Waals surface area contributed by atoms with E-state index in [1.165, 1.54) is 18.2 Å². The highest BCUT2D eigenvalue weighted by atomic mass is 79.9. The molecular weight excluding hydrogens is 376 g/mol. The Morgan fingerprint density at radius 2 is 1.95 bits per heavy atom. The standard InChI is InChI=1S/C14H14BrClN2O2S/c1-2-9-7-10(15)3-6-14(9)18-21(19,20)11-4-5-13(17)12(16)8-11/h3-8,18H,2,17H2,1H3. The molecule has 0 aliphatic heterocycles. The third-order valence-corrected chi connectivity index (χ3v) is 5.16. The molecule has 4 nitrogen and oxygen atoms in total. The molecule has 2 rings (SSSR count). The van der Waals surface area contributed by atoms with E-state index in [2.05, 4.69) is 20.7 Å². The molecule has 0 radical (unpaired) electrons. The first-order valence-electron chi connectivity index (χ1n) is 6.19. The van der Waals surface area contributed by atoms with Crippen molar-refractivity contribution in [1.82, 2.24) is 0 Å². The number of hydrogen-bond donors (Lipinski definition) is 2. The minimum Gasteiger partial charge on any atom is -0.398 e. The van der Waals surface area contributed by atoms with Crippen molar-refractivity contribution in [3.05, 3.63) is 51.5 Å². The van der Waals surface area contributed by atoms with Crippen molar-refractivity contribution in [2.24, 2.45) is 0 Å². The molecule has 0 heterocycles. The maximum absolute atomic E-state index is 12.4. The summed E-state index contributed by atoms with van der Waals surface area (Å²) in [5.41, 5.74) is 7.38. The van der Waals surface area contributed by atoms with E-state index in [-0.39, 0.29) is 9.92 Å². The third-order valence-electron chi connectivity index (χ3n) is 2.97. The molecule has 2 aromatic rings. The molecule has 0 unspecified atom stereocenters. The van der Waals surface area contributed by atoms with Gasteiger partial charge in [-0.05, 0) is 48.4 Å². The van der Waals surface area contributed by atoms with Crippen molar-refractivity contribution < 1.29 is 8.42 Å². The topological polar surface area (TPSA) is 72.2 Å². The van der Waals surface area contributed by atoms with Crippen molar-refractivity contribution >= 4 is 48.9 Å². The van der Waals surface area contributed by atoms with Crippen molar-refractivity contribution in [1.29, 1.82) is 0 Å². The number of nitrogens with two attached hydrogens (primary N) is 1. The van der Waals surface area contributed by atoms with Crippen LogP contribution < -0.4 is 10.5 Å². The minimum absolute atomic E-state index is 0.0756. The first kappa shape index (κ1) is 16.1. The summed E-state index contributed by atoms with van der Waals surface area (Å²) in [4.78, 5) is 0.0756. The summed E-state index contributed by atoms with van der Waals surface area (Å²) in [5, 5.41) is 0.212. The maximum Gasteiger partial charge on any atom is 0.261 e. The smallest absolute Gasteiger partial charge is 0.261 e. The van der Waals surface area contributed by atoms with Crippen LogP contribution in [0.4, 0.5) is 11.4 Å². The van der Waals surface area contributed by atoms with Gasteiger partial charge in [0.25, 0.3) is 10.0 Å². The number of halogens is 2. The molecular formula is C14H14BrClN2O2S. The van der Waals surface area contributed by atoms with Gasteiger partial charge in [-0.2, -0.15) is 0 Å². The van der Waals surface area contributed by atoms with Gasteiger partial charge >= 0.3 is 0 Å². The molecule has 0 aliphatic rings. The molecule has 0 bridgehead atoms.